The van der Waals surface area contributed by atoms with Crippen molar-refractivity contribution in [1.29, 1.82) is 0 Å². The largest absolute Gasteiger partial charge is 0.352 e. The van der Waals surface area contributed by atoms with E-state index < -0.39 is 21.9 Å². The molecule has 0 unspecified atom stereocenters. The van der Waals surface area contributed by atoms with E-state index in [9.17, 15) is 22.4 Å². The Morgan fingerprint density at radius 2 is 1.54 bits per heavy atom. The molecule has 0 heterocycles. The van der Waals surface area contributed by atoms with Gasteiger partial charge in [0.1, 0.15) is 11.9 Å². The molecule has 9 heteroatoms. The highest BCUT2D eigenvalue weighted by molar-refractivity contribution is 7.89. The normalized spacial score (nSPS) is 14.6. The third-order valence-electron chi connectivity index (χ3n) is 7.59. The number of carbonyl (C=O) groups is 2. The molecule has 0 aliphatic heterocycles. The molecule has 1 aliphatic carbocycles. The van der Waals surface area contributed by atoms with Crippen molar-refractivity contribution in [3.05, 3.63) is 102 Å². The summed E-state index contributed by atoms with van der Waals surface area (Å²) >= 11 is 0. The predicted octanol–water partition coefficient (Wildman–Crippen LogP) is 4.93. The van der Waals surface area contributed by atoms with E-state index in [2.05, 4.69) is 5.32 Å². The Morgan fingerprint density at radius 3 is 2.20 bits per heavy atom. The van der Waals surface area contributed by atoms with E-state index >= 15 is 0 Å². The summed E-state index contributed by atoms with van der Waals surface area (Å²) in [4.78, 5) is 29.1. The van der Waals surface area contributed by atoms with Gasteiger partial charge in [-0.25, -0.2) is 17.1 Å². The predicted molar refractivity (Wildman–Crippen MR) is 157 cm³/mol. The molecule has 1 N–H and O–H groups in total. The van der Waals surface area contributed by atoms with Gasteiger partial charge in [0, 0.05) is 44.6 Å². The molecule has 4 rings (SSSR count). The van der Waals surface area contributed by atoms with Crippen molar-refractivity contribution in [2.24, 2.45) is 0 Å². The molecule has 0 spiro atoms. The zero-order chi connectivity index (χ0) is 29.2. The van der Waals surface area contributed by atoms with Crippen molar-refractivity contribution < 1.29 is 22.4 Å². The fraction of sp³-hybridized carbons (Fsp3) is 0.375. The van der Waals surface area contributed by atoms with E-state index in [4.69, 9.17) is 0 Å². The Morgan fingerprint density at radius 1 is 0.927 bits per heavy atom. The highest BCUT2D eigenvalue weighted by Crippen LogP contribution is 2.22. The lowest BCUT2D eigenvalue weighted by molar-refractivity contribution is -0.141. The second-order valence-corrected chi connectivity index (χ2v) is 12.6. The van der Waals surface area contributed by atoms with Gasteiger partial charge < -0.3 is 10.2 Å². The van der Waals surface area contributed by atoms with Crippen LogP contribution in [0.2, 0.25) is 0 Å². The Bertz CT molecular complexity index is 1400. The number of halogens is 1. The van der Waals surface area contributed by atoms with Gasteiger partial charge in [0.25, 0.3) is 0 Å². The minimum Gasteiger partial charge on any atom is -0.352 e. The summed E-state index contributed by atoms with van der Waals surface area (Å²) in [5.74, 6) is -1.04. The fourth-order valence-corrected chi connectivity index (χ4v) is 6.45. The van der Waals surface area contributed by atoms with Gasteiger partial charge in [0.2, 0.25) is 21.8 Å². The van der Waals surface area contributed by atoms with Gasteiger partial charge in [0.05, 0.1) is 4.90 Å². The number of hydrogen-bond donors (Lipinski definition) is 1. The molecule has 0 radical (unpaired) electrons. The van der Waals surface area contributed by atoms with E-state index in [0.717, 1.165) is 31.2 Å². The van der Waals surface area contributed by atoms with Gasteiger partial charge in [0.15, 0.2) is 0 Å². The van der Waals surface area contributed by atoms with Crippen LogP contribution in [0.3, 0.4) is 0 Å². The molecule has 0 bridgehead atoms. The first kappa shape index (κ1) is 30.4. The minimum absolute atomic E-state index is 0.00506. The van der Waals surface area contributed by atoms with Crippen LogP contribution in [0.1, 0.15) is 49.7 Å². The first-order valence-electron chi connectivity index (χ1n) is 14.1. The molecule has 3 aromatic carbocycles. The SMILES string of the molecule is CN(CCCC(=O)N(Cc1ccccc1F)[C@H](Cc1ccccc1)C(=O)NC1CCCC1)S(=O)(=O)c1ccccc1. The summed E-state index contributed by atoms with van der Waals surface area (Å²) in [6, 6.07) is 23.1. The third-order valence-corrected chi connectivity index (χ3v) is 9.46. The maximum Gasteiger partial charge on any atom is 0.243 e. The topological polar surface area (TPSA) is 86.8 Å². The number of benzene rings is 3. The number of nitrogens with zero attached hydrogens (tertiary/aromatic N) is 2. The molecule has 0 saturated heterocycles. The lowest BCUT2D eigenvalue weighted by Gasteiger charge is -2.32. The van der Waals surface area contributed by atoms with E-state index in [0.29, 0.717) is 5.56 Å². The van der Waals surface area contributed by atoms with E-state index in [1.165, 1.54) is 34.5 Å². The van der Waals surface area contributed by atoms with Crippen LogP contribution in [0, 0.1) is 5.82 Å². The second kappa shape index (κ2) is 14.4. The Balaban J connectivity index is 1.55. The third kappa shape index (κ3) is 8.24. The van der Waals surface area contributed by atoms with Crippen molar-refractivity contribution >= 4 is 21.8 Å². The number of carbonyl (C=O) groups excluding carboxylic acids is 2. The van der Waals surface area contributed by atoms with Gasteiger partial charge in [-0.05, 0) is 43.0 Å². The molecular formula is C32H38FN3O4S. The minimum atomic E-state index is -3.70. The highest BCUT2D eigenvalue weighted by Gasteiger charge is 2.32. The van der Waals surface area contributed by atoms with E-state index in [-0.39, 0.29) is 55.1 Å². The van der Waals surface area contributed by atoms with E-state index in [1.54, 1.807) is 36.4 Å². The number of nitrogens with one attached hydrogen (secondary N) is 1. The molecule has 2 amide bonds. The summed E-state index contributed by atoms with van der Waals surface area (Å²) in [5, 5.41) is 3.13. The van der Waals surface area contributed by atoms with Gasteiger partial charge in [-0.15, -0.1) is 0 Å². The zero-order valence-corrected chi connectivity index (χ0v) is 24.2. The second-order valence-electron chi connectivity index (χ2n) is 10.6. The molecule has 1 fully saturated rings. The van der Waals surface area contributed by atoms with Crippen molar-refractivity contribution in [2.45, 2.75) is 68.5 Å². The number of rotatable bonds is 13. The fourth-order valence-electron chi connectivity index (χ4n) is 5.22. The van der Waals surface area contributed by atoms with Crippen molar-refractivity contribution in [3.63, 3.8) is 0 Å². The van der Waals surface area contributed by atoms with Gasteiger partial charge in [-0.3, -0.25) is 9.59 Å². The van der Waals surface area contributed by atoms with Gasteiger partial charge in [-0.1, -0.05) is 79.6 Å². The van der Waals surface area contributed by atoms with Crippen LogP contribution in [0.5, 0.6) is 0 Å². The average molecular weight is 580 g/mol. The number of sulfonamides is 1. The molecular weight excluding hydrogens is 541 g/mol. The quantitative estimate of drug-likeness (QED) is 0.311. The van der Waals surface area contributed by atoms with Crippen LogP contribution in [-0.4, -0.2) is 55.1 Å². The lowest BCUT2D eigenvalue weighted by atomic mass is 10.0. The van der Waals surface area contributed by atoms with E-state index in [1.807, 2.05) is 30.3 Å². The van der Waals surface area contributed by atoms with Crippen LogP contribution in [-0.2, 0) is 32.6 Å². The smallest absolute Gasteiger partial charge is 0.243 e. The molecule has 218 valence electrons. The van der Waals surface area contributed by atoms with Crippen LogP contribution >= 0.6 is 0 Å². The average Bonchev–Trinajstić information content (AvgIpc) is 3.49. The molecule has 1 saturated carbocycles. The molecule has 0 aromatic heterocycles. The zero-order valence-electron chi connectivity index (χ0n) is 23.4. The van der Waals surface area contributed by atoms with Crippen molar-refractivity contribution in [1.82, 2.24) is 14.5 Å². The standard InChI is InChI=1S/C32H38FN3O4S/c1-35(41(39,40)28-18-6-3-7-19-28)22-12-21-31(37)36(24-26-15-8-11-20-29(26)33)30(23-25-13-4-2-5-14-25)32(38)34-27-16-9-10-17-27/h2-8,11,13-15,18-20,27,30H,9-10,12,16-17,21-24H2,1H3,(H,34,38)/t30-/m1/s1. The highest BCUT2D eigenvalue weighted by atomic mass is 32.2. The molecule has 3 aromatic rings. The molecule has 7 nitrogen and oxygen atoms in total. The van der Waals surface area contributed by atoms with Crippen molar-refractivity contribution in [2.75, 3.05) is 13.6 Å². The monoisotopic (exact) mass is 579 g/mol. The first-order chi connectivity index (χ1) is 19.8. The number of hydrogen-bond acceptors (Lipinski definition) is 4. The maximum atomic E-state index is 14.8. The lowest BCUT2D eigenvalue weighted by Crippen LogP contribution is -2.52. The molecule has 1 atom stereocenters. The molecule has 1 aliphatic rings. The summed E-state index contributed by atoms with van der Waals surface area (Å²) in [6.07, 6.45) is 4.42. The van der Waals surface area contributed by atoms with Crippen LogP contribution in [0.25, 0.3) is 0 Å². The summed E-state index contributed by atoms with van der Waals surface area (Å²) < 4.78 is 41.8. The summed E-state index contributed by atoms with van der Waals surface area (Å²) in [7, 11) is -2.22. The van der Waals surface area contributed by atoms with Gasteiger partial charge in [-0.2, -0.15) is 0 Å². The van der Waals surface area contributed by atoms with Crippen LogP contribution in [0.15, 0.2) is 89.8 Å². The first-order valence-corrected chi connectivity index (χ1v) is 15.6. The number of amides is 2. The Hall–Kier alpha value is -3.56. The maximum absolute atomic E-state index is 14.8. The summed E-state index contributed by atoms with van der Waals surface area (Å²) in [6.45, 7) is 0.0490. The Labute approximate surface area is 242 Å². The van der Waals surface area contributed by atoms with Crippen LogP contribution < -0.4 is 5.32 Å². The van der Waals surface area contributed by atoms with Crippen molar-refractivity contribution in [3.8, 4) is 0 Å². The Kier molecular flexibility index (Phi) is 10.7. The summed E-state index contributed by atoms with van der Waals surface area (Å²) in [5.41, 5.74) is 1.20. The van der Waals surface area contributed by atoms with Crippen LogP contribution in [0.4, 0.5) is 4.39 Å². The van der Waals surface area contributed by atoms with Gasteiger partial charge >= 0.3 is 0 Å². The molecule has 41 heavy (non-hydrogen) atoms.